The Kier molecular flexibility index (Phi) is 5.94. The topological polar surface area (TPSA) is 46.0 Å². The van der Waals surface area contributed by atoms with Crippen LogP contribution in [0.3, 0.4) is 0 Å². The average Bonchev–Trinajstić information content (AvgIpc) is 2.58. The zero-order chi connectivity index (χ0) is 17.7. The van der Waals surface area contributed by atoms with Crippen molar-refractivity contribution in [3.8, 4) is 0 Å². The van der Waals surface area contributed by atoms with Crippen LogP contribution in [0.25, 0.3) is 0 Å². The summed E-state index contributed by atoms with van der Waals surface area (Å²) in [4.78, 5) is 7.94. The van der Waals surface area contributed by atoms with Gasteiger partial charge in [0.25, 0.3) is 0 Å². The van der Waals surface area contributed by atoms with E-state index in [-0.39, 0.29) is 5.92 Å². The minimum absolute atomic E-state index is 0.176. The highest BCUT2D eigenvalue weighted by molar-refractivity contribution is 5.18. The van der Waals surface area contributed by atoms with E-state index in [4.69, 9.17) is 0 Å². The Hall–Kier alpha value is -1.95. The quantitative estimate of drug-likeness (QED) is 0.832. The van der Waals surface area contributed by atoms with Gasteiger partial charge in [-0.2, -0.15) is 13.2 Å². The van der Waals surface area contributed by atoms with Crippen molar-refractivity contribution in [3.05, 3.63) is 59.2 Å². The first-order chi connectivity index (χ1) is 11.3. The van der Waals surface area contributed by atoms with Gasteiger partial charge in [-0.3, -0.25) is 4.98 Å². The Morgan fingerprint density at radius 2 is 1.88 bits per heavy atom. The van der Waals surface area contributed by atoms with Gasteiger partial charge in [0.1, 0.15) is 5.69 Å². The van der Waals surface area contributed by atoms with E-state index in [0.717, 1.165) is 23.7 Å². The number of hydrogen-bond acceptors (Lipinski definition) is 3. The van der Waals surface area contributed by atoms with Crippen LogP contribution in [0.2, 0.25) is 0 Å². The van der Waals surface area contributed by atoms with Crippen molar-refractivity contribution in [2.24, 2.45) is 0 Å². The minimum atomic E-state index is -4.44. The van der Waals surface area contributed by atoms with Crippen LogP contribution in [-0.4, -0.2) is 15.1 Å². The van der Waals surface area contributed by atoms with Crippen LogP contribution in [0.15, 0.2) is 36.5 Å². The lowest BCUT2D eigenvalue weighted by molar-refractivity contribution is -0.141. The molecule has 0 aliphatic rings. The van der Waals surface area contributed by atoms with Gasteiger partial charge in [-0.15, -0.1) is 0 Å². The summed E-state index contributed by atoms with van der Waals surface area (Å²) in [5, 5.41) is 10.2. The van der Waals surface area contributed by atoms with Gasteiger partial charge >= 0.3 is 6.18 Å². The molecule has 0 aliphatic carbocycles. The van der Waals surface area contributed by atoms with Crippen LogP contribution in [0.4, 0.5) is 13.2 Å². The van der Waals surface area contributed by atoms with Gasteiger partial charge in [0.05, 0.1) is 6.10 Å². The van der Waals surface area contributed by atoms with Crippen molar-refractivity contribution in [3.63, 3.8) is 0 Å². The van der Waals surface area contributed by atoms with Crippen LogP contribution in [-0.2, 0) is 12.6 Å². The van der Waals surface area contributed by atoms with Gasteiger partial charge < -0.3 is 5.11 Å². The van der Waals surface area contributed by atoms with E-state index in [9.17, 15) is 18.3 Å². The minimum Gasteiger partial charge on any atom is -0.388 e. The van der Waals surface area contributed by atoms with E-state index >= 15 is 0 Å². The number of aliphatic hydroxyl groups is 1. The number of hydrogen-bond donors (Lipinski definition) is 1. The zero-order valence-electron chi connectivity index (χ0n) is 13.7. The second-order valence-corrected chi connectivity index (χ2v) is 5.88. The number of rotatable bonds is 6. The highest BCUT2D eigenvalue weighted by Gasteiger charge is 2.32. The van der Waals surface area contributed by atoms with E-state index in [0.29, 0.717) is 18.5 Å². The zero-order valence-corrected chi connectivity index (χ0v) is 13.7. The van der Waals surface area contributed by atoms with Crippen molar-refractivity contribution < 1.29 is 18.3 Å². The number of aryl methyl sites for hydroxylation is 1. The first-order valence-electron chi connectivity index (χ1n) is 7.98. The molecule has 2 aromatic rings. The number of alkyl halides is 3. The predicted molar refractivity (Wildman–Crippen MR) is 85.5 cm³/mol. The normalized spacial score (nSPS) is 14.4. The second-order valence-electron chi connectivity index (χ2n) is 5.88. The molecule has 2 heterocycles. The van der Waals surface area contributed by atoms with E-state index in [1.165, 1.54) is 6.07 Å². The van der Waals surface area contributed by atoms with Crippen molar-refractivity contribution in [1.82, 2.24) is 9.97 Å². The molecule has 2 rings (SSSR count). The van der Waals surface area contributed by atoms with Gasteiger partial charge in [-0.1, -0.05) is 26.0 Å². The highest BCUT2D eigenvalue weighted by Crippen LogP contribution is 2.30. The third-order valence-electron chi connectivity index (χ3n) is 4.03. The summed E-state index contributed by atoms with van der Waals surface area (Å²) in [6, 6.07) is 7.63. The van der Waals surface area contributed by atoms with Crippen LogP contribution in [0, 0.1) is 0 Å². The third-order valence-corrected chi connectivity index (χ3v) is 4.03. The molecule has 24 heavy (non-hydrogen) atoms. The molecule has 1 N–H and O–H groups in total. The number of pyridine rings is 2. The lowest BCUT2D eigenvalue weighted by Gasteiger charge is -2.16. The second kappa shape index (κ2) is 7.75. The van der Waals surface area contributed by atoms with E-state index in [2.05, 4.69) is 9.97 Å². The molecule has 2 aromatic heterocycles. The molecule has 2 atom stereocenters. The largest absolute Gasteiger partial charge is 0.433 e. The summed E-state index contributed by atoms with van der Waals surface area (Å²) in [6.07, 6.45) is -1.68. The van der Waals surface area contributed by atoms with Crippen molar-refractivity contribution in [2.75, 3.05) is 0 Å². The first kappa shape index (κ1) is 18.4. The Bertz CT molecular complexity index is 656. The molecule has 0 fully saturated rings. The Balaban J connectivity index is 1.98. The van der Waals surface area contributed by atoms with Crippen molar-refractivity contribution in [2.45, 2.75) is 51.3 Å². The highest BCUT2D eigenvalue weighted by atomic mass is 19.4. The van der Waals surface area contributed by atoms with Crippen LogP contribution < -0.4 is 0 Å². The van der Waals surface area contributed by atoms with Crippen LogP contribution in [0.5, 0.6) is 0 Å². The molecule has 0 saturated heterocycles. The number of halogens is 3. The maximum absolute atomic E-state index is 12.7. The first-order valence-corrected chi connectivity index (χ1v) is 7.98. The Morgan fingerprint density at radius 3 is 2.46 bits per heavy atom. The Morgan fingerprint density at radius 1 is 1.12 bits per heavy atom. The summed E-state index contributed by atoms with van der Waals surface area (Å²) < 4.78 is 38.2. The predicted octanol–water partition coefficient (Wildman–Crippen LogP) is 4.68. The lowest BCUT2D eigenvalue weighted by Crippen LogP contribution is -2.10. The fourth-order valence-corrected chi connectivity index (χ4v) is 2.45. The van der Waals surface area contributed by atoms with Gasteiger partial charge in [0.15, 0.2) is 0 Å². The number of aliphatic hydroxyl groups excluding tert-OH is 1. The molecule has 0 radical (unpaired) electrons. The molecule has 2 unspecified atom stereocenters. The molecule has 6 heteroatoms. The summed E-state index contributed by atoms with van der Waals surface area (Å²) in [5.74, 6) is -0.176. The monoisotopic (exact) mass is 338 g/mol. The molecule has 0 bridgehead atoms. The lowest BCUT2D eigenvalue weighted by atomic mass is 9.96. The fourth-order valence-electron chi connectivity index (χ4n) is 2.45. The molecule has 0 amide bonds. The summed E-state index contributed by atoms with van der Waals surface area (Å²) in [7, 11) is 0. The van der Waals surface area contributed by atoms with Crippen molar-refractivity contribution >= 4 is 0 Å². The molecule has 3 nitrogen and oxygen atoms in total. The maximum Gasteiger partial charge on any atom is 0.433 e. The Labute approximate surface area is 139 Å². The molecule has 0 aromatic carbocycles. The van der Waals surface area contributed by atoms with E-state index in [1.807, 2.05) is 26.0 Å². The summed E-state index contributed by atoms with van der Waals surface area (Å²) >= 11 is 0. The van der Waals surface area contributed by atoms with E-state index < -0.39 is 18.0 Å². The smallest absolute Gasteiger partial charge is 0.388 e. The van der Waals surface area contributed by atoms with Gasteiger partial charge in [-0.25, -0.2) is 4.98 Å². The average molecular weight is 338 g/mol. The maximum atomic E-state index is 12.7. The fraction of sp³-hybridized carbons (Fsp3) is 0.444. The molecule has 0 saturated carbocycles. The summed E-state index contributed by atoms with van der Waals surface area (Å²) in [5.41, 5.74) is 1.17. The number of nitrogens with zero attached hydrogens (tertiary/aromatic N) is 2. The van der Waals surface area contributed by atoms with Gasteiger partial charge in [0.2, 0.25) is 0 Å². The van der Waals surface area contributed by atoms with E-state index in [1.54, 1.807) is 12.3 Å². The molecular formula is C18H21F3N2O. The van der Waals surface area contributed by atoms with Crippen molar-refractivity contribution in [1.29, 1.82) is 0 Å². The van der Waals surface area contributed by atoms with Crippen LogP contribution >= 0.6 is 0 Å². The SMILES string of the molecule is CCc1ccc(C(O)CCC(C)c2cccc(C(F)(F)F)n2)cn1. The molecule has 0 aliphatic heterocycles. The molecular weight excluding hydrogens is 317 g/mol. The standard InChI is InChI=1S/C18H21F3N2O/c1-3-14-9-8-13(11-22-14)16(24)10-7-12(2)15-5-4-6-17(23-15)18(19,20)21/h4-6,8-9,11-12,16,24H,3,7,10H2,1-2H3. The van der Waals surface area contributed by atoms with Crippen LogP contribution in [0.1, 0.15) is 61.4 Å². The third kappa shape index (κ3) is 4.77. The molecule has 0 spiro atoms. The van der Waals surface area contributed by atoms with Gasteiger partial charge in [0, 0.05) is 17.6 Å². The molecule has 130 valence electrons. The summed E-state index contributed by atoms with van der Waals surface area (Å²) in [6.45, 7) is 3.82. The van der Waals surface area contributed by atoms with Gasteiger partial charge in [-0.05, 0) is 48.9 Å². The number of aromatic nitrogens is 2.